The maximum Gasteiger partial charge on any atom is 0.270 e. The van der Waals surface area contributed by atoms with Crippen molar-refractivity contribution in [3.63, 3.8) is 0 Å². The van der Waals surface area contributed by atoms with E-state index in [0.717, 1.165) is 28.3 Å². The van der Waals surface area contributed by atoms with Gasteiger partial charge in [-0.1, -0.05) is 24.3 Å². The highest BCUT2D eigenvalue weighted by Crippen LogP contribution is 2.15. The molecule has 0 aliphatic rings. The van der Waals surface area contributed by atoms with E-state index in [9.17, 15) is 4.79 Å². The first-order valence-corrected chi connectivity index (χ1v) is 8.92. The van der Waals surface area contributed by atoms with Gasteiger partial charge in [0.2, 0.25) is 0 Å². The number of benzene rings is 2. The van der Waals surface area contributed by atoms with Gasteiger partial charge in [0.25, 0.3) is 5.91 Å². The van der Waals surface area contributed by atoms with Crippen molar-refractivity contribution < 1.29 is 14.3 Å². The molecule has 0 fully saturated rings. The van der Waals surface area contributed by atoms with Crippen molar-refractivity contribution >= 4 is 11.6 Å². The number of hydrogen-bond acceptors (Lipinski definition) is 5. The van der Waals surface area contributed by atoms with Gasteiger partial charge in [-0.2, -0.15) is 0 Å². The van der Waals surface area contributed by atoms with Gasteiger partial charge < -0.3 is 20.1 Å². The smallest absolute Gasteiger partial charge is 0.270 e. The first-order chi connectivity index (χ1) is 13.7. The Labute approximate surface area is 164 Å². The quantitative estimate of drug-likeness (QED) is 0.627. The summed E-state index contributed by atoms with van der Waals surface area (Å²) in [4.78, 5) is 16.6. The average Bonchev–Trinajstić information content (AvgIpc) is 2.77. The van der Waals surface area contributed by atoms with Crippen molar-refractivity contribution in [1.82, 2.24) is 10.3 Å². The molecule has 0 radical (unpaired) electrons. The molecule has 2 N–H and O–H groups in total. The van der Waals surface area contributed by atoms with Crippen LogP contribution >= 0.6 is 0 Å². The van der Waals surface area contributed by atoms with Gasteiger partial charge in [-0.3, -0.25) is 9.78 Å². The molecule has 0 bridgehead atoms. The zero-order valence-corrected chi connectivity index (χ0v) is 15.9. The van der Waals surface area contributed by atoms with Crippen LogP contribution in [0.4, 0.5) is 5.69 Å². The van der Waals surface area contributed by atoms with E-state index in [0.29, 0.717) is 18.8 Å². The largest absolute Gasteiger partial charge is 0.497 e. The van der Waals surface area contributed by atoms with Gasteiger partial charge >= 0.3 is 0 Å². The van der Waals surface area contributed by atoms with Crippen LogP contribution in [0.15, 0.2) is 66.9 Å². The summed E-state index contributed by atoms with van der Waals surface area (Å²) in [6.45, 7) is 1.06. The Balaban J connectivity index is 1.55. The Morgan fingerprint density at radius 3 is 2.00 bits per heavy atom. The Bertz CT molecular complexity index is 909. The second-order valence-corrected chi connectivity index (χ2v) is 6.16. The van der Waals surface area contributed by atoms with Crippen molar-refractivity contribution in [2.75, 3.05) is 19.5 Å². The standard InChI is InChI=1S/C22H23N3O3/c1-27-19-7-3-16(4-8-19)14-24-18-11-12-23-21(13-18)22(26)25-15-17-5-9-20(28-2)10-6-17/h3-13H,14-15H2,1-2H3,(H,23,24)(H,25,26). The molecule has 1 heterocycles. The van der Waals surface area contributed by atoms with Crippen molar-refractivity contribution in [3.8, 4) is 11.5 Å². The molecule has 1 aromatic heterocycles. The summed E-state index contributed by atoms with van der Waals surface area (Å²) in [5.74, 6) is 1.39. The third-order valence-electron chi connectivity index (χ3n) is 4.26. The molecule has 0 spiro atoms. The van der Waals surface area contributed by atoms with Crippen LogP contribution in [-0.2, 0) is 13.1 Å². The van der Waals surface area contributed by atoms with Crippen LogP contribution in [0.2, 0.25) is 0 Å². The molecule has 3 aromatic rings. The Morgan fingerprint density at radius 1 is 0.857 bits per heavy atom. The van der Waals surface area contributed by atoms with E-state index in [2.05, 4.69) is 15.6 Å². The average molecular weight is 377 g/mol. The van der Waals surface area contributed by atoms with Crippen molar-refractivity contribution in [1.29, 1.82) is 0 Å². The van der Waals surface area contributed by atoms with Crippen LogP contribution in [0.1, 0.15) is 21.6 Å². The molecule has 0 aliphatic heterocycles. The number of carbonyl (C=O) groups excluding carboxylic acids is 1. The highest BCUT2D eigenvalue weighted by atomic mass is 16.5. The number of anilines is 1. The lowest BCUT2D eigenvalue weighted by atomic mass is 10.2. The minimum absolute atomic E-state index is 0.219. The number of hydrogen-bond donors (Lipinski definition) is 2. The Kier molecular flexibility index (Phi) is 6.46. The third kappa shape index (κ3) is 5.23. The Hall–Kier alpha value is -3.54. The number of nitrogens with zero attached hydrogens (tertiary/aromatic N) is 1. The monoisotopic (exact) mass is 377 g/mol. The summed E-state index contributed by atoms with van der Waals surface area (Å²) in [5.41, 5.74) is 3.31. The van der Waals surface area contributed by atoms with Crippen LogP contribution < -0.4 is 20.1 Å². The number of nitrogens with one attached hydrogen (secondary N) is 2. The van der Waals surface area contributed by atoms with Gasteiger partial charge in [0.05, 0.1) is 14.2 Å². The molecule has 144 valence electrons. The molecular formula is C22H23N3O3. The minimum atomic E-state index is -0.219. The lowest BCUT2D eigenvalue weighted by molar-refractivity contribution is 0.0946. The van der Waals surface area contributed by atoms with Crippen molar-refractivity contribution in [3.05, 3.63) is 83.7 Å². The minimum Gasteiger partial charge on any atom is -0.497 e. The van der Waals surface area contributed by atoms with E-state index in [1.54, 1.807) is 26.5 Å². The zero-order chi connectivity index (χ0) is 19.8. The number of amides is 1. The normalized spacial score (nSPS) is 10.2. The number of carbonyl (C=O) groups is 1. The summed E-state index contributed by atoms with van der Waals surface area (Å²) in [6, 6.07) is 19.0. The third-order valence-corrected chi connectivity index (χ3v) is 4.26. The number of rotatable bonds is 8. The van der Waals surface area contributed by atoms with Gasteiger partial charge in [-0.15, -0.1) is 0 Å². The lowest BCUT2D eigenvalue weighted by Gasteiger charge is -2.09. The Morgan fingerprint density at radius 2 is 1.43 bits per heavy atom. The predicted octanol–water partition coefficient (Wildman–Crippen LogP) is 3.64. The van der Waals surface area contributed by atoms with Gasteiger partial charge in [-0.05, 0) is 47.5 Å². The highest BCUT2D eigenvalue weighted by molar-refractivity contribution is 5.93. The van der Waals surface area contributed by atoms with E-state index in [1.807, 2.05) is 54.6 Å². The van der Waals surface area contributed by atoms with Gasteiger partial charge in [0, 0.05) is 25.0 Å². The fourth-order valence-electron chi connectivity index (χ4n) is 2.63. The van der Waals surface area contributed by atoms with Gasteiger partial charge in [-0.25, -0.2) is 0 Å². The molecule has 0 atom stereocenters. The second kappa shape index (κ2) is 9.41. The van der Waals surface area contributed by atoms with Crippen LogP contribution in [-0.4, -0.2) is 25.1 Å². The maximum atomic E-state index is 12.4. The van der Waals surface area contributed by atoms with Gasteiger partial charge in [0.15, 0.2) is 0 Å². The number of methoxy groups -OCH3 is 2. The molecule has 2 aromatic carbocycles. The van der Waals surface area contributed by atoms with E-state index >= 15 is 0 Å². The SMILES string of the molecule is COc1ccc(CNC(=O)c2cc(NCc3ccc(OC)cc3)ccn2)cc1. The van der Waals surface area contributed by atoms with Crippen LogP contribution in [0, 0.1) is 0 Å². The summed E-state index contributed by atoms with van der Waals surface area (Å²) in [6.07, 6.45) is 1.62. The predicted molar refractivity (Wildman–Crippen MR) is 109 cm³/mol. The number of ether oxygens (including phenoxy) is 2. The van der Waals surface area contributed by atoms with Crippen molar-refractivity contribution in [2.45, 2.75) is 13.1 Å². The lowest BCUT2D eigenvalue weighted by Crippen LogP contribution is -2.23. The molecule has 0 unspecified atom stereocenters. The molecular weight excluding hydrogens is 354 g/mol. The molecule has 0 aliphatic carbocycles. The summed E-state index contributed by atoms with van der Waals surface area (Å²) in [5, 5.41) is 6.19. The molecule has 6 nitrogen and oxygen atoms in total. The van der Waals surface area contributed by atoms with E-state index in [-0.39, 0.29) is 5.91 Å². The van der Waals surface area contributed by atoms with E-state index in [1.165, 1.54) is 0 Å². The zero-order valence-electron chi connectivity index (χ0n) is 15.9. The molecule has 6 heteroatoms. The molecule has 0 saturated heterocycles. The molecule has 3 rings (SSSR count). The molecule has 28 heavy (non-hydrogen) atoms. The topological polar surface area (TPSA) is 72.5 Å². The molecule has 1 amide bonds. The summed E-state index contributed by atoms with van der Waals surface area (Å²) in [7, 11) is 3.27. The fraction of sp³-hybridized carbons (Fsp3) is 0.182. The second-order valence-electron chi connectivity index (χ2n) is 6.16. The molecule has 0 saturated carbocycles. The van der Waals surface area contributed by atoms with E-state index < -0.39 is 0 Å². The highest BCUT2D eigenvalue weighted by Gasteiger charge is 2.08. The maximum absolute atomic E-state index is 12.4. The van der Waals surface area contributed by atoms with Crippen LogP contribution in [0.3, 0.4) is 0 Å². The summed E-state index contributed by atoms with van der Waals surface area (Å²) >= 11 is 0. The van der Waals surface area contributed by atoms with Crippen LogP contribution in [0.5, 0.6) is 11.5 Å². The van der Waals surface area contributed by atoms with Crippen molar-refractivity contribution in [2.24, 2.45) is 0 Å². The summed E-state index contributed by atoms with van der Waals surface area (Å²) < 4.78 is 10.3. The van der Waals surface area contributed by atoms with E-state index in [4.69, 9.17) is 9.47 Å². The number of aromatic nitrogens is 1. The number of pyridine rings is 1. The first kappa shape index (κ1) is 19.2. The van der Waals surface area contributed by atoms with Gasteiger partial charge in [0.1, 0.15) is 17.2 Å². The first-order valence-electron chi connectivity index (χ1n) is 8.92. The van der Waals surface area contributed by atoms with Crippen LogP contribution in [0.25, 0.3) is 0 Å². The fourth-order valence-corrected chi connectivity index (χ4v) is 2.63.